The molecule has 0 fully saturated rings. The van der Waals surface area contributed by atoms with Gasteiger partial charge in [0.05, 0.1) is 44.6 Å². The van der Waals surface area contributed by atoms with E-state index in [1.807, 2.05) is 13.8 Å². The molecule has 0 unspecified atom stereocenters. The second-order valence-corrected chi connectivity index (χ2v) is 35.0. The summed E-state index contributed by atoms with van der Waals surface area (Å²) in [6.07, 6.45) is 2.19. The van der Waals surface area contributed by atoms with Crippen molar-refractivity contribution in [3.63, 3.8) is 0 Å². The number of aliphatic hydroxyl groups is 2. The van der Waals surface area contributed by atoms with Crippen LogP contribution in [0.3, 0.4) is 0 Å². The number of rotatable bonds is 14. The molecule has 2 heterocycles. The molecular weight excluding hydrogens is 1350 g/mol. The average molecular weight is 1470 g/mol. The Kier molecular flexibility index (Phi) is 21.4. The van der Waals surface area contributed by atoms with E-state index >= 15 is 8.78 Å². The molecule has 10 aromatic rings. The van der Waals surface area contributed by atoms with Gasteiger partial charge in [0.15, 0.2) is 13.2 Å². The van der Waals surface area contributed by atoms with Crippen LogP contribution in [0.5, 0.6) is 23.0 Å². The zero-order chi connectivity index (χ0) is 68.4. The summed E-state index contributed by atoms with van der Waals surface area (Å²) in [4.78, 5) is 0. The quantitative estimate of drug-likeness (QED) is 0.0493. The summed E-state index contributed by atoms with van der Waals surface area (Å²) in [6, 6.07) is 41.3. The first-order chi connectivity index (χ1) is 42.8. The average Bonchev–Trinajstić information content (AvgIpc) is 1.53. The number of hydrogen-bond acceptors (Lipinski definition) is 2. The van der Waals surface area contributed by atoms with Crippen molar-refractivity contribution in [3.8, 4) is 56.6 Å². The van der Waals surface area contributed by atoms with Gasteiger partial charge < -0.3 is 43.7 Å². The van der Waals surface area contributed by atoms with Gasteiger partial charge in [-0.05, 0) is 200 Å². The summed E-state index contributed by atoms with van der Waals surface area (Å²) >= 11 is 0. The fourth-order valence-electron chi connectivity index (χ4n) is 14.8. The Morgan fingerprint density at radius 2 is 0.625 bits per heavy atom. The first kappa shape index (κ1) is 76.7. The molecule has 512 valence electrons. The van der Waals surface area contributed by atoms with Gasteiger partial charge in [0.2, 0.25) is 0 Å². The summed E-state index contributed by atoms with van der Waals surface area (Å²) < 4.78 is 47.5. The van der Waals surface area contributed by atoms with Crippen molar-refractivity contribution in [2.45, 2.75) is 218 Å². The molecule has 4 N–H and O–H groups in total. The molecule has 0 aliphatic heterocycles. The van der Waals surface area contributed by atoms with Crippen LogP contribution in [0.15, 0.2) is 121 Å². The molecule has 0 aliphatic carbocycles. The third-order valence-corrected chi connectivity index (χ3v) is 19.1. The van der Waals surface area contributed by atoms with E-state index in [2.05, 4.69) is 259 Å². The minimum absolute atomic E-state index is 0. The van der Waals surface area contributed by atoms with E-state index in [4.69, 9.17) is 9.47 Å². The Labute approximate surface area is 594 Å². The summed E-state index contributed by atoms with van der Waals surface area (Å²) in [5, 5.41) is 30.7. The van der Waals surface area contributed by atoms with Crippen molar-refractivity contribution >= 4 is 43.6 Å². The molecule has 0 radical (unpaired) electrons. The van der Waals surface area contributed by atoms with Gasteiger partial charge in [0.1, 0.15) is 29.6 Å². The summed E-state index contributed by atoms with van der Waals surface area (Å²) in [7, 11) is 0. The summed E-state index contributed by atoms with van der Waals surface area (Å²) in [5.74, 6) is 0.430. The van der Waals surface area contributed by atoms with Gasteiger partial charge in [-0.25, -0.2) is 8.78 Å². The van der Waals surface area contributed by atoms with Crippen molar-refractivity contribution in [1.82, 2.24) is 9.13 Å². The summed E-state index contributed by atoms with van der Waals surface area (Å²) in [5.41, 5.74) is 14.2. The molecule has 9 heteroatoms. The zero-order valence-corrected chi connectivity index (χ0v) is 66.6. The van der Waals surface area contributed by atoms with Crippen molar-refractivity contribution in [2.24, 2.45) is 10.8 Å². The van der Waals surface area contributed by atoms with Gasteiger partial charge >= 0.3 is 0 Å². The molecule has 0 atom stereocenters. The number of aryl methyl sites for hydroxylation is 2. The van der Waals surface area contributed by atoms with Crippen LogP contribution < -0.4 is 0 Å². The van der Waals surface area contributed by atoms with E-state index in [0.29, 0.717) is 75.9 Å². The molecule has 2 aromatic heterocycles. The zero-order valence-electron chi connectivity index (χ0n) is 63.0. The van der Waals surface area contributed by atoms with E-state index < -0.39 is 11.6 Å². The molecular formula is C87H112F2HfN2O4. The molecule has 0 bridgehead atoms. The Morgan fingerprint density at radius 1 is 0.354 bits per heavy atom. The largest absolute Gasteiger partial charge is 0.582 e. The Balaban J connectivity index is 0.00000433. The van der Waals surface area contributed by atoms with Gasteiger partial charge in [-0.3, -0.25) is 0 Å². The smallest absolute Gasteiger partial charge is 0.265 e. The number of halogens is 2. The predicted octanol–water partition coefficient (Wildman–Crippen LogP) is 24.6. The number of aromatic nitrogens is 2. The van der Waals surface area contributed by atoms with E-state index in [0.717, 1.165) is 67.6 Å². The molecule has 0 saturated heterocycles. The van der Waals surface area contributed by atoms with Crippen molar-refractivity contribution in [3.05, 3.63) is 192 Å². The van der Waals surface area contributed by atoms with Crippen LogP contribution in [-0.4, -0.2) is 42.0 Å². The van der Waals surface area contributed by atoms with Gasteiger partial charge in [-0.2, -0.15) is 0 Å². The SMILES string of the molecule is Cc1cc(F)cc(-c2cc(C(C)(C)CC(C)(C)C)cc(-n3c4ccc(C(C)(C)C)cc4c4cc(C(C)(C)C)ccc43)c2O)c1[OH+]CCC[OH+]c1c(C)cc(F)cc1-c1cc(C(C)(C)CC(C)(C)C)cc(-n2c3ccc(C(C)(C)C)cc3c3cc(C(C)(C)C)ccc32)c1O.[CH3-].[CH3-].[Hf]. The van der Waals surface area contributed by atoms with Gasteiger partial charge in [0.25, 0.3) is 11.5 Å². The maximum absolute atomic E-state index is 16.3. The van der Waals surface area contributed by atoms with Crippen molar-refractivity contribution in [2.75, 3.05) is 13.2 Å². The second kappa shape index (κ2) is 26.8. The maximum atomic E-state index is 16.3. The summed E-state index contributed by atoms with van der Waals surface area (Å²) in [6.45, 7) is 53.8. The second-order valence-electron chi connectivity index (χ2n) is 35.0. The monoisotopic (exact) mass is 1470 g/mol. The molecule has 0 aliphatic rings. The van der Waals surface area contributed by atoms with Crippen LogP contribution in [0.4, 0.5) is 8.78 Å². The van der Waals surface area contributed by atoms with E-state index in [1.165, 1.54) is 46.5 Å². The molecule has 10 rings (SSSR count). The van der Waals surface area contributed by atoms with Crippen LogP contribution in [0.25, 0.3) is 77.2 Å². The number of benzene rings is 8. The molecule has 0 saturated carbocycles. The minimum Gasteiger partial charge on any atom is -0.582 e. The molecule has 6 nitrogen and oxygen atoms in total. The Bertz CT molecular complexity index is 4120. The number of nitrogens with zero attached hydrogens (tertiary/aromatic N) is 2. The van der Waals surface area contributed by atoms with Crippen LogP contribution in [-0.2, 0) is 58.3 Å². The Hall–Kier alpha value is -6.71. The third kappa shape index (κ3) is 15.4. The van der Waals surface area contributed by atoms with Crippen LogP contribution in [0, 0.1) is 51.2 Å². The predicted molar refractivity (Wildman–Crippen MR) is 405 cm³/mol. The molecule has 8 aromatic carbocycles. The Morgan fingerprint density at radius 3 is 0.875 bits per heavy atom. The van der Waals surface area contributed by atoms with Crippen molar-refractivity contribution in [1.29, 1.82) is 0 Å². The van der Waals surface area contributed by atoms with Crippen LogP contribution in [0.2, 0.25) is 0 Å². The molecule has 96 heavy (non-hydrogen) atoms. The van der Waals surface area contributed by atoms with Crippen LogP contribution >= 0.6 is 0 Å². The molecule has 0 amide bonds. The molecule has 0 spiro atoms. The first-order valence-corrected chi connectivity index (χ1v) is 33.7. The third-order valence-electron chi connectivity index (χ3n) is 19.1. The number of hydrogen-bond donors (Lipinski definition) is 2. The van der Waals surface area contributed by atoms with Crippen LogP contribution in [0.1, 0.15) is 216 Å². The number of phenolic OH excluding ortho intramolecular Hbond substituents is 2. The normalized spacial score (nSPS) is 12.9. The number of fused-ring (bicyclic) bond motifs is 6. The fourth-order valence-corrected chi connectivity index (χ4v) is 14.8. The number of phenols is 2. The van der Waals surface area contributed by atoms with Gasteiger partial charge in [0, 0.05) is 69.6 Å². The standard InChI is InChI=1S/C85H104F2N2O4.2CH3.Hf/c1-50-36-58(86)46-66(64-42-56(84(21,22)48-78(3,4)5)44-72(74(64)90)88-68-30-26-52(80(9,10)11)38-60(68)61-39-53(81(12,13)14)27-31-69(61)88)76(50)92-34-25-35-93-77-51(2)37-59(87)47-67(77)65-43-57(85(23,24)49-79(6,7)8)45-73(75(65)91)89-70-32-28-54(82(15,16)17)40-62(70)63-41-55(83(18,19)20)29-33-71(63)89;;;/h26-33,36-47,90-91H,25,34-35,48-49H2,1-24H3;2*1H3;/q;2*-1;/p+2. The minimum atomic E-state index is -0.419. The van der Waals surface area contributed by atoms with E-state index in [1.54, 1.807) is 0 Å². The van der Waals surface area contributed by atoms with Gasteiger partial charge in [-0.1, -0.05) is 177 Å². The fraction of sp³-hybridized carbons (Fsp3) is 0.425. The van der Waals surface area contributed by atoms with E-state index in [-0.39, 0.29) is 95.5 Å². The number of aromatic hydroxyl groups is 4. The topological polar surface area (TPSA) is 75.9 Å². The van der Waals surface area contributed by atoms with E-state index in [9.17, 15) is 10.2 Å². The first-order valence-electron chi connectivity index (χ1n) is 33.7. The van der Waals surface area contributed by atoms with Crippen molar-refractivity contribution < 1.29 is 54.3 Å². The number of ether oxygens (including phenoxy) is 2. The maximum Gasteiger partial charge on any atom is 0.265 e. The van der Waals surface area contributed by atoms with Gasteiger partial charge in [-0.15, -0.1) is 0 Å².